The Labute approximate surface area is 166 Å². The van der Waals surface area contributed by atoms with Gasteiger partial charge < -0.3 is 10.1 Å². The van der Waals surface area contributed by atoms with E-state index in [0.717, 1.165) is 7.11 Å². The van der Waals surface area contributed by atoms with E-state index in [1.54, 1.807) is 27.9 Å². The van der Waals surface area contributed by atoms with E-state index >= 15 is 0 Å². The van der Waals surface area contributed by atoms with E-state index in [-0.39, 0.29) is 10.0 Å². The first kappa shape index (κ1) is 20.7. The first-order valence-corrected chi connectivity index (χ1v) is 8.44. The minimum atomic E-state index is -2.38. The summed E-state index contributed by atoms with van der Waals surface area (Å²) in [7, 11) is 1.09. The van der Waals surface area contributed by atoms with Gasteiger partial charge in [-0.1, -0.05) is 34.8 Å². The Kier molecular flexibility index (Phi) is 7.33. The van der Waals surface area contributed by atoms with Gasteiger partial charge >= 0.3 is 12.0 Å². The molecule has 6 nitrogen and oxygen atoms in total. The third-order valence-electron chi connectivity index (χ3n) is 2.29. The van der Waals surface area contributed by atoms with Crippen molar-refractivity contribution in [3.63, 3.8) is 0 Å². The molecule has 126 valence electrons. The smallest absolute Gasteiger partial charge is 0.340 e. The van der Waals surface area contributed by atoms with Gasteiger partial charge in [-0.3, -0.25) is 10.1 Å². The third kappa shape index (κ3) is 5.31. The molecule has 0 heterocycles. The molecule has 0 spiro atoms. The van der Waals surface area contributed by atoms with Crippen LogP contribution in [0, 0.1) is 9.39 Å². The molecule has 0 atom stereocenters. The fourth-order valence-electron chi connectivity index (χ4n) is 1.31. The number of imide groups is 1. The molecule has 23 heavy (non-hydrogen) atoms. The number of hydrogen-bond acceptors (Lipinski definition) is 4. The summed E-state index contributed by atoms with van der Waals surface area (Å²) in [5, 5.41) is 3.70. The van der Waals surface area contributed by atoms with Gasteiger partial charge in [0.05, 0.1) is 22.8 Å². The minimum absolute atomic E-state index is 0.00811. The van der Waals surface area contributed by atoms with Crippen LogP contribution in [0.25, 0.3) is 0 Å². The Bertz CT molecular complexity index is 684. The lowest BCUT2D eigenvalue weighted by Gasteiger charge is -2.15. The summed E-state index contributed by atoms with van der Waals surface area (Å²) >= 11 is 20.6. The van der Waals surface area contributed by atoms with Gasteiger partial charge in [0.15, 0.2) is 5.82 Å². The number of rotatable bonds is 2. The summed E-state index contributed by atoms with van der Waals surface area (Å²) in [6.45, 7) is 0. The number of carbonyl (C=O) groups is 3. The van der Waals surface area contributed by atoms with Crippen LogP contribution in [0.4, 0.5) is 14.9 Å². The van der Waals surface area contributed by atoms with Gasteiger partial charge in [0, 0.05) is 3.57 Å². The van der Waals surface area contributed by atoms with E-state index in [2.05, 4.69) is 20.7 Å². The van der Waals surface area contributed by atoms with E-state index in [1.165, 1.54) is 6.07 Å². The molecular weight excluding hydrogens is 556 g/mol. The standard InChI is InChI=1S/C11H6BrCl3FIN2O4/c1-23-8(20)3-2-4(17)5(12)6(16)7(3)18-10(22)19-9(21)11(13,14)15/h2H,1H3,(H2,18,19,21,22). The molecule has 1 aromatic rings. The maximum absolute atomic E-state index is 14.3. The predicted octanol–water partition coefficient (Wildman–Crippen LogP) is 4.00. The fourth-order valence-corrected chi connectivity index (χ4v) is 2.31. The quantitative estimate of drug-likeness (QED) is 0.247. The summed E-state index contributed by atoms with van der Waals surface area (Å²) in [5.74, 6) is -3.07. The Morgan fingerprint density at radius 2 is 1.91 bits per heavy atom. The summed E-state index contributed by atoms with van der Waals surface area (Å²) < 4.78 is 16.8. The van der Waals surface area contributed by atoms with Crippen LogP contribution in [0.1, 0.15) is 10.4 Å². The topological polar surface area (TPSA) is 84.5 Å². The largest absolute Gasteiger partial charge is 0.465 e. The molecule has 0 aliphatic carbocycles. The number of urea groups is 1. The molecule has 1 aromatic carbocycles. The Morgan fingerprint density at radius 1 is 1.35 bits per heavy atom. The second-order valence-corrected chi connectivity index (χ2v) is 8.04. The second-order valence-electron chi connectivity index (χ2n) is 3.81. The van der Waals surface area contributed by atoms with Gasteiger partial charge in [-0.15, -0.1) is 0 Å². The zero-order valence-corrected chi connectivity index (χ0v) is 17.0. The molecule has 0 bridgehead atoms. The van der Waals surface area contributed by atoms with Gasteiger partial charge in [-0.25, -0.2) is 14.0 Å². The first-order valence-electron chi connectivity index (χ1n) is 5.44. The zero-order chi connectivity index (χ0) is 17.9. The number of esters is 1. The van der Waals surface area contributed by atoms with Crippen molar-refractivity contribution in [2.24, 2.45) is 0 Å². The number of nitrogens with one attached hydrogen (secondary N) is 2. The highest BCUT2D eigenvalue weighted by Gasteiger charge is 2.32. The lowest BCUT2D eigenvalue weighted by Crippen LogP contribution is -2.41. The van der Waals surface area contributed by atoms with E-state index in [9.17, 15) is 18.8 Å². The molecule has 0 saturated carbocycles. The molecule has 1 rings (SSSR count). The number of carbonyl (C=O) groups excluding carboxylic acids is 3. The molecule has 0 saturated heterocycles. The number of halogens is 6. The van der Waals surface area contributed by atoms with Crippen LogP contribution in [-0.2, 0) is 9.53 Å². The number of anilines is 1. The highest BCUT2D eigenvalue weighted by Crippen LogP contribution is 2.32. The van der Waals surface area contributed by atoms with E-state index in [0.29, 0.717) is 3.57 Å². The van der Waals surface area contributed by atoms with Crippen molar-refractivity contribution < 1.29 is 23.5 Å². The van der Waals surface area contributed by atoms with E-state index in [4.69, 9.17) is 34.8 Å². The van der Waals surface area contributed by atoms with Crippen molar-refractivity contribution in [3.05, 3.63) is 25.5 Å². The average Bonchev–Trinajstić information content (AvgIpc) is 2.45. The van der Waals surface area contributed by atoms with Crippen molar-refractivity contribution in [2.75, 3.05) is 12.4 Å². The Hall–Kier alpha value is -0.360. The zero-order valence-electron chi connectivity index (χ0n) is 11.0. The van der Waals surface area contributed by atoms with Crippen molar-refractivity contribution in [1.29, 1.82) is 0 Å². The Balaban J connectivity index is 3.17. The summed E-state index contributed by atoms with van der Waals surface area (Å²) in [4.78, 5) is 34.8. The van der Waals surface area contributed by atoms with E-state index in [1.807, 2.05) is 5.32 Å². The average molecular weight is 562 g/mol. The molecule has 0 aliphatic heterocycles. The number of hydrogen-bond donors (Lipinski definition) is 2. The SMILES string of the molecule is COC(=O)c1cc(I)c(Br)c(F)c1NC(=O)NC(=O)C(Cl)(Cl)Cl. The van der Waals surface area contributed by atoms with Crippen LogP contribution in [0.3, 0.4) is 0 Å². The van der Waals surface area contributed by atoms with Gasteiger partial charge in [-0.05, 0) is 44.6 Å². The molecule has 2 N–H and O–H groups in total. The lowest BCUT2D eigenvalue weighted by molar-refractivity contribution is -0.119. The monoisotopic (exact) mass is 560 g/mol. The Morgan fingerprint density at radius 3 is 2.39 bits per heavy atom. The number of alkyl halides is 3. The molecule has 0 radical (unpaired) electrons. The predicted molar refractivity (Wildman–Crippen MR) is 95.6 cm³/mol. The van der Waals surface area contributed by atoms with E-state index < -0.39 is 33.2 Å². The molecule has 12 heteroatoms. The highest BCUT2D eigenvalue weighted by atomic mass is 127. The summed E-state index contributed by atoms with van der Waals surface area (Å²) in [5.41, 5.74) is -0.757. The molecule has 3 amide bonds. The first-order chi connectivity index (χ1) is 10.5. The van der Waals surface area contributed by atoms with Gasteiger partial charge in [0.25, 0.3) is 9.70 Å². The van der Waals surface area contributed by atoms with Crippen molar-refractivity contribution in [1.82, 2.24) is 5.32 Å². The van der Waals surface area contributed by atoms with Gasteiger partial charge in [0.2, 0.25) is 0 Å². The van der Waals surface area contributed by atoms with Crippen LogP contribution in [0.2, 0.25) is 0 Å². The number of amides is 3. The molecule has 0 unspecified atom stereocenters. The van der Waals surface area contributed by atoms with Crippen molar-refractivity contribution >= 4 is 96.9 Å². The normalized spacial score (nSPS) is 10.9. The molecule has 0 aliphatic rings. The fraction of sp³-hybridized carbons (Fsp3) is 0.182. The summed E-state index contributed by atoms with van der Waals surface area (Å²) in [6.07, 6.45) is 0. The van der Waals surface area contributed by atoms with Gasteiger partial charge in [-0.2, -0.15) is 0 Å². The number of methoxy groups -OCH3 is 1. The molecule has 0 aromatic heterocycles. The summed E-state index contributed by atoms with van der Waals surface area (Å²) in [6, 6.07) is 0.0878. The van der Waals surface area contributed by atoms with Crippen LogP contribution in [-0.4, -0.2) is 28.8 Å². The number of benzene rings is 1. The maximum Gasteiger partial charge on any atom is 0.340 e. The lowest BCUT2D eigenvalue weighted by atomic mass is 10.1. The van der Waals surface area contributed by atoms with Gasteiger partial charge in [0.1, 0.15) is 0 Å². The van der Waals surface area contributed by atoms with Crippen LogP contribution >= 0.6 is 73.3 Å². The second kappa shape index (κ2) is 8.15. The highest BCUT2D eigenvalue weighted by molar-refractivity contribution is 14.1. The molecule has 0 fully saturated rings. The van der Waals surface area contributed by atoms with Crippen LogP contribution < -0.4 is 10.6 Å². The molecular formula is C11H6BrCl3FIN2O4. The minimum Gasteiger partial charge on any atom is -0.465 e. The van der Waals surface area contributed by atoms with Crippen molar-refractivity contribution in [3.8, 4) is 0 Å². The van der Waals surface area contributed by atoms with Crippen LogP contribution in [0.15, 0.2) is 10.5 Å². The number of ether oxygens (including phenoxy) is 1. The third-order valence-corrected chi connectivity index (χ3v) is 5.17. The maximum atomic E-state index is 14.3. The van der Waals surface area contributed by atoms with Crippen LogP contribution in [0.5, 0.6) is 0 Å². The van der Waals surface area contributed by atoms with Crippen molar-refractivity contribution in [2.45, 2.75) is 3.79 Å².